The van der Waals surface area contributed by atoms with Crippen LogP contribution in [-0.2, 0) is 0 Å². The maximum atomic E-state index is 2.37. The minimum absolute atomic E-state index is 0. The zero-order valence-corrected chi connectivity index (χ0v) is 14.4. The Kier molecular flexibility index (Phi) is 14.4. The van der Waals surface area contributed by atoms with Gasteiger partial charge in [0, 0.05) is 0 Å². The number of hydrogen-bond donors (Lipinski definition) is 0. The second-order valence-corrected chi connectivity index (χ2v) is 5.58. The summed E-state index contributed by atoms with van der Waals surface area (Å²) in [6.45, 7) is 9.15. The molecule has 0 aromatic heterocycles. The summed E-state index contributed by atoms with van der Waals surface area (Å²) in [7, 11) is 0. The summed E-state index contributed by atoms with van der Waals surface area (Å²) in [6.07, 6.45) is 9.63. The minimum atomic E-state index is 0. The second-order valence-electron chi connectivity index (χ2n) is 5.58. The molecule has 0 fully saturated rings. The fourth-order valence-electron chi connectivity index (χ4n) is 1.82. The van der Waals surface area contributed by atoms with Gasteiger partial charge in [0.05, 0.1) is 0 Å². The second kappa shape index (κ2) is 12.9. The maximum Gasteiger partial charge on any atom is 1.00 e. The Morgan fingerprint density at radius 1 is 0.850 bits per heavy atom. The van der Waals surface area contributed by atoms with E-state index in [4.69, 9.17) is 0 Å². The fraction of sp³-hybridized carbons (Fsp3) is 0.556. The quantitative estimate of drug-likeness (QED) is 0.442. The predicted molar refractivity (Wildman–Crippen MR) is 81.4 cm³/mol. The summed E-state index contributed by atoms with van der Waals surface area (Å²) in [5, 5.41) is 0. The molecule has 2 unspecified atom stereocenters. The molecule has 0 N–H and O–H groups in total. The molecule has 0 amide bonds. The topological polar surface area (TPSA) is 0 Å². The fourth-order valence-corrected chi connectivity index (χ4v) is 1.82. The Morgan fingerprint density at radius 3 is 1.60 bits per heavy atom. The molecule has 2 heteroatoms. The van der Waals surface area contributed by atoms with Crippen LogP contribution in [0.15, 0.2) is 24.3 Å². The molecule has 0 radical (unpaired) electrons. The smallest absolute Gasteiger partial charge is 0.194 e. The van der Waals surface area contributed by atoms with Crippen molar-refractivity contribution < 1.29 is 37.7 Å². The van der Waals surface area contributed by atoms with Crippen molar-refractivity contribution in [2.24, 2.45) is 11.8 Å². The van der Waals surface area contributed by atoms with Gasteiger partial charge in [0.15, 0.2) is 0 Å². The summed E-state index contributed by atoms with van der Waals surface area (Å²) in [4.78, 5) is 0. The van der Waals surface area contributed by atoms with Gasteiger partial charge in [0.2, 0.25) is 0 Å². The first-order valence-electron chi connectivity index (χ1n) is 7.42. The van der Waals surface area contributed by atoms with E-state index in [9.17, 15) is 0 Å². The summed E-state index contributed by atoms with van der Waals surface area (Å²) >= 11 is 0. The molecule has 1 aromatic carbocycles. The molecule has 0 bridgehead atoms. The first-order chi connectivity index (χ1) is 8.65. The summed E-state index contributed by atoms with van der Waals surface area (Å²) in [5.41, 5.74) is 2.74. The van der Waals surface area contributed by atoms with Crippen molar-refractivity contribution in [1.29, 1.82) is 0 Å². The summed E-state index contributed by atoms with van der Waals surface area (Å²) in [5.74, 6) is 1.58. The van der Waals surface area contributed by atoms with Crippen LogP contribution < -0.4 is 37.7 Å². The van der Waals surface area contributed by atoms with Crippen molar-refractivity contribution in [1.82, 2.24) is 0 Å². The van der Waals surface area contributed by atoms with Crippen molar-refractivity contribution in [3.8, 4) is 0 Å². The molecule has 0 aliphatic rings. The average molecular weight is 258 g/mol. The van der Waals surface area contributed by atoms with Gasteiger partial charge in [-0.05, 0) is 0 Å². The van der Waals surface area contributed by atoms with E-state index in [0.717, 1.165) is 11.8 Å². The Bertz CT molecular complexity index is 307. The maximum absolute atomic E-state index is 2.37. The number of hydrogen-bond acceptors (Lipinski definition) is 0. The van der Waals surface area contributed by atoms with E-state index in [1.54, 1.807) is 0 Å². The molecule has 0 saturated heterocycles. The zero-order valence-electron chi connectivity index (χ0n) is 14.4. The predicted octanol–water partition coefficient (Wildman–Crippen LogP) is -0.328. The van der Waals surface area contributed by atoms with Crippen LogP contribution in [-0.4, -0.2) is 0 Å². The molecule has 1 rings (SSSR count). The molecule has 0 saturated carbocycles. The van der Waals surface area contributed by atoms with Crippen LogP contribution in [0.25, 0.3) is 0 Å². The van der Waals surface area contributed by atoms with E-state index in [2.05, 4.69) is 64.8 Å². The van der Waals surface area contributed by atoms with E-state index < -0.39 is 0 Å². The Hall–Kier alpha value is 0.155. The van der Waals surface area contributed by atoms with Crippen molar-refractivity contribution in [2.45, 2.75) is 53.4 Å². The van der Waals surface area contributed by atoms with Gasteiger partial charge in [0.25, 0.3) is 0 Å². The van der Waals surface area contributed by atoms with Gasteiger partial charge in [-0.3, -0.25) is 0 Å². The third-order valence-electron chi connectivity index (χ3n) is 3.82. The number of benzene rings is 1. The molecule has 2 atom stereocenters. The van der Waals surface area contributed by atoms with Gasteiger partial charge >= 0.3 is 37.7 Å². The third-order valence-corrected chi connectivity index (χ3v) is 3.82. The van der Waals surface area contributed by atoms with Gasteiger partial charge in [-0.15, -0.1) is 0 Å². The van der Waals surface area contributed by atoms with Crippen LogP contribution in [0.4, 0.5) is 0 Å². The first-order valence-corrected chi connectivity index (χ1v) is 7.42. The molecule has 0 heterocycles. The van der Waals surface area contributed by atoms with E-state index in [-0.39, 0.29) is 37.7 Å². The van der Waals surface area contributed by atoms with E-state index in [0.29, 0.717) is 0 Å². The monoisotopic (exact) mass is 258 g/mol. The molecule has 1 aromatic rings. The SMILES string of the molecule is CCC(C)C[CH-]c1cccc([CH-]CC(C)CC)c1.[Li+].[Li+]. The van der Waals surface area contributed by atoms with Gasteiger partial charge in [-0.25, -0.2) is 0 Å². The molecular formula is C18H28Li2. The van der Waals surface area contributed by atoms with Gasteiger partial charge < -0.3 is 0 Å². The van der Waals surface area contributed by atoms with Crippen LogP contribution in [0.1, 0.15) is 64.5 Å². The average Bonchev–Trinajstić information content (AvgIpc) is 2.42. The Balaban J connectivity index is 0. The summed E-state index contributed by atoms with van der Waals surface area (Å²) in [6, 6.07) is 8.90. The van der Waals surface area contributed by atoms with Crippen molar-refractivity contribution in [2.75, 3.05) is 0 Å². The van der Waals surface area contributed by atoms with E-state index >= 15 is 0 Å². The van der Waals surface area contributed by atoms with E-state index in [1.807, 2.05) is 0 Å². The summed E-state index contributed by atoms with van der Waals surface area (Å²) < 4.78 is 0. The number of rotatable bonds is 8. The van der Waals surface area contributed by atoms with Crippen LogP contribution in [0.2, 0.25) is 0 Å². The standard InChI is InChI=1S/C18H28.2Li/c1-5-15(3)10-12-17-8-7-9-18(14-17)13-11-16(4)6-2;;/h7-9,12-16H,5-6,10-11H2,1-4H3;;/q-2;2*+1. The Labute approximate surface area is 150 Å². The van der Waals surface area contributed by atoms with Crippen molar-refractivity contribution >= 4 is 0 Å². The molecule has 102 valence electrons. The molecule has 20 heavy (non-hydrogen) atoms. The molecular weight excluding hydrogens is 230 g/mol. The van der Waals surface area contributed by atoms with Crippen LogP contribution in [0.5, 0.6) is 0 Å². The molecule has 0 nitrogen and oxygen atoms in total. The minimum Gasteiger partial charge on any atom is -0.194 e. The van der Waals surface area contributed by atoms with Gasteiger partial charge in [0.1, 0.15) is 0 Å². The van der Waals surface area contributed by atoms with Crippen molar-refractivity contribution in [3.05, 3.63) is 48.2 Å². The molecule has 0 aliphatic carbocycles. The van der Waals surface area contributed by atoms with Crippen molar-refractivity contribution in [3.63, 3.8) is 0 Å². The van der Waals surface area contributed by atoms with Crippen LogP contribution >= 0.6 is 0 Å². The Morgan fingerprint density at radius 2 is 1.25 bits per heavy atom. The van der Waals surface area contributed by atoms with Crippen LogP contribution in [0, 0.1) is 24.7 Å². The largest absolute Gasteiger partial charge is 1.00 e. The molecule has 0 spiro atoms. The normalized spacial score (nSPS) is 12.6. The third kappa shape index (κ3) is 9.16. The van der Waals surface area contributed by atoms with Crippen LogP contribution in [0.3, 0.4) is 0 Å². The zero-order chi connectivity index (χ0) is 13.4. The van der Waals surface area contributed by atoms with E-state index in [1.165, 1.54) is 36.8 Å². The van der Waals surface area contributed by atoms with Gasteiger partial charge in [-0.1, -0.05) is 65.2 Å². The van der Waals surface area contributed by atoms with Gasteiger partial charge in [-0.2, -0.15) is 48.2 Å². The molecule has 0 aliphatic heterocycles. The first kappa shape index (κ1) is 22.4.